The zero-order chi connectivity index (χ0) is 61.0. The Bertz CT molecular complexity index is 2040. The van der Waals surface area contributed by atoms with E-state index in [0.29, 0.717) is 12.8 Å². The van der Waals surface area contributed by atoms with Crippen molar-refractivity contribution in [3.8, 4) is 0 Å². The van der Waals surface area contributed by atoms with Crippen molar-refractivity contribution in [2.24, 2.45) is 29.6 Å². The van der Waals surface area contributed by atoms with Crippen LogP contribution in [-0.2, 0) is 57.5 Å². The van der Waals surface area contributed by atoms with E-state index < -0.39 is 170 Å². The lowest BCUT2D eigenvalue weighted by molar-refractivity contribution is -0.158. The van der Waals surface area contributed by atoms with E-state index in [1.54, 1.807) is 69.2 Å². The third-order valence-electron chi connectivity index (χ3n) is 13.6. The van der Waals surface area contributed by atoms with Gasteiger partial charge in [-0.3, -0.25) is 47.9 Å². The summed E-state index contributed by atoms with van der Waals surface area (Å²) in [4.78, 5) is 152. The fourth-order valence-electron chi connectivity index (χ4n) is 8.79. The maximum Gasteiger partial charge on any atom is 0.329 e. The molecule has 1 aliphatic heterocycles. The van der Waals surface area contributed by atoms with E-state index in [1.165, 1.54) is 6.92 Å². The van der Waals surface area contributed by atoms with E-state index >= 15 is 0 Å². The number of ether oxygens (including phenoxy) is 1. The highest BCUT2D eigenvalue weighted by molar-refractivity contribution is 5.99. The maximum absolute atomic E-state index is 14.7. The number of carboxylic acids is 1. The molecule has 0 aromatic rings. The summed E-state index contributed by atoms with van der Waals surface area (Å²) < 4.78 is 5.82. The second-order valence-corrected chi connectivity index (χ2v) is 22.8. The number of esters is 1. The molecular weight excluding hydrogens is 1040 g/mol. The highest BCUT2D eigenvalue weighted by Gasteiger charge is 2.40. The quantitative estimate of drug-likeness (QED) is 0.0374. The summed E-state index contributed by atoms with van der Waals surface area (Å²) in [5.41, 5.74) is 0. The molecule has 0 unspecified atom stereocenters. The molecule has 1 heterocycles. The first-order chi connectivity index (χ1) is 37.5. The van der Waals surface area contributed by atoms with Crippen LogP contribution in [0.3, 0.4) is 0 Å². The van der Waals surface area contributed by atoms with Gasteiger partial charge in [0.25, 0.3) is 0 Å². The Hall–Kier alpha value is -5.95. The summed E-state index contributed by atoms with van der Waals surface area (Å²) in [6.07, 6.45) is 2.25. The molecule has 0 bridgehead atoms. The summed E-state index contributed by atoms with van der Waals surface area (Å²) in [6, 6.07) is -14.1. The van der Waals surface area contributed by atoms with Gasteiger partial charge in [0, 0.05) is 6.42 Å². The lowest BCUT2D eigenvalue weighted by Gasteiger charge is -2.32. The second kappa shape index (κ2) is 37.1. The number of carboxylic acid groups (broad SMARTS) is 1. The Morgan fingerprint density at radius 1 is 0.575 bits per heavy atom. The molecule has 458 valence electrons. The van der Waals surface area contributed by atoms with Crippen LogP contribution in [0, 0.1) is 29.6 Å². The molecule has 1 saturated heterocycles. The largest absolute Gasteiger partial charge is 0.481 e. The first kappa shape index (κ1) is 72.1. The van der Waals surface area contributed by atoms with Crippen LogP contribution >= 0.6 is 0 Å². The van der Waals surface area contributed by atoms with Crippen molar-refractivity contribution in [3.63, 3.8) is 0 Å². The van der Waals surface area contributed by atoms with Crippen LogP contribution in [0.2, 0.25) is 0 Å². The molecule has 13 N–H and O–H groups in total. The monoisotopic (exact) mass is 1140 g/mol. The van der Waals surface area contributed by atoms with Gasteiger partial charge in [-0.25, -0.2) is 4.79 Å². The number of unbranched alkanes of at least 4 members (excludes halogenated alkanes) is 5. The van der Waals surface area contributed by atoms with Crippen molar-refractivity contribution in [2.75, 3.05) is 13.2 Å². The Kier molecular flexibility index (Phi) is 33.5. The van der Waals surface area contributed by atoms with Gasteiger partial charge in [0.05, 0.1) is 25.7 Å². The number of aliphatic hydroxyl groups excluding tert-OH is 3. The molecular formula is C55H97N9O16. The summed E-state index contributed by atoms with van der Waals surface area (Å²) in [7, 11) is 0. The molecule has 0 aliphatic carbocycles. The third-order valence-corrected chi connectivity index (χ3v) is 13.6. The maximum atomic E-state index is 14.7. The van der Waals surface area contributed by atoms with E-state index in [9.17, 15) is 73.2 Å². The molecule has 9 amide bonds. The lowest BCUT2D eigenvalue weighted by Crippen LogP contribution is -2.64. The number of aliphatic hydroxyl groups is 3. The van der Waals surface area contributed by atoms with Crippen molar-refractivity contribution in [3.05, 3.63) is 0 Å². The predicted molar refractivity (Wildman–Crippen MR) is 295 cm³/mol. The van der Waals surface area contributed by atoms with Gasteiger partial charge >= 0.3 is 11.9 Å². The number of hydrogen-bond donors (Lipinski definition) is 13. The van der Waals surface area contributed by atoms with Gasteiger partial charge < -0.3 is 73.0 Å². The van der Waals surface area contributed by atoms with Crippen LogP contribution in [0.1, 0.15) is 173 Å². The number of nitrogens with one attached hydrogen (secondary N) is 9. The first-order valence-electron chi connectivity index (χ1n) is 28.5. The summed E-state index contributed by atoms with van der Waals surface area (Å²) in [5, 5.41) is 63.6. The Balaban J connectivity index is 3.96. The number of rotatable bonds is 28. The van der Waals surface area contributed by atoms with E-state index in [1.807, 2.05) is 0 Å². The van der Waals surface area contributed by atoms with Crippen molar-refractivity contribution in [1.82, 2.24) is 47.9 Å². The molecule has 0 saturated carbocycles. The van der Waals surface area contributed by atoms with E-state index in [2.05, 4.69) is 54.8 Å². The Morgan fingerprint density at radius 3 is 1.55 bits per heavy atom. The van der Waals surface area contributed by atoms with Crippen molar-refractivity contribution >= 4 is 65.1 Å². The molecule has 0 radical (unpaired) electrons. The summed E-state index contributed by atoms with van der Waals surface area (Å²) >= 11 is 0. The molecule has 12 atom stereocenters. The summed E-state index contributed by atoms with van der Waals surface area (Å²) in [6.45, 7) is 18.3. The molecule has 0 aromatic carbocycles. The van der Waals surface area contributed by atoms with Gasteiger partial charge in [0.2, 0.25) is 53.2 Å². The fourth-order valence-corrected chi connectivity index (χ4v) is 8.79. The molecule has 1 fully saturated rings. The lowest BCUT2D eigenvalue weighted by atomic mass is 9.98. The van der Waals surface area contributed by atoms with E-state index in [0.717, 1.165) is 32.1 Å². The van der Waals surface area contributed by atoms with Gasteiger partial charge in [0.1, 0.15) is 60.5 Å². The average molecular weight is 1140 g/mol. The van der Waals surface area contributed by atoms with E-state index in [4.69, 9.17) is 4.74 Å². The van der Waals surface area contributed by atoms with Crippen molar-refractivity contribution in [1.29, 1.82) is 0 Å². The van der Waals surface area contributed by atoms with E-state index in [-0.39, 0.29) is 49.9 Å². The minimum atomic E-state index is -1.95. The number of hydrogen-bond acceptors (Lipinski definition) is 15. The van der Waals surface area contributed by atoms with Crippen LogP contribution in [0.4, 0.5) is 0 Å². The second-order valence-electron chi connectivity index (χ2n) is 22.8. The molecule has 0 spiro atoms. The zero-order valence-electron chi connectivity index (χ0n) is 49.2. The highest BCUT2D eigenvalue weighted by Crippen LogP contribution is 2.17. The smallest absolute Gasteiger partial charge is 0.329 e. The van der Waals surface area contributed by atoms with Crippen molar-refractivity contribution < 1.29 is 77.9 Å². The van der Waals surface area contributed by atoms with Crippen LogP contribution in [0.25, 0.3) is 0 Å². The topological polar surface area (TPSA) is 386 Å². The summed E-state index contributed by atoms with van der Waals surface area (Å²) in [5.74, 6) is -13.4. The van der Waals surface area contributed by atoms with Gasteiger partial charge in [-0.15, -0.1) is 0 Å². The molecule has 1 rings (SSSR count). The Morgan fingerprint density at radius 2 is 1.06 bits per heavy atom. The first-order valence-corrected chi connectivity index (χ1v) is 28.5. The average Bonchev–Trinajstić information content (AvgIpc) is 3.36. The van der Waals surface area contributed by atoms with Crippen LogP contribution in [0.15, 0.2) is 0 Å². The number of aliphatic carboxylic acids is 1. The zero-order valence-corrected chi connectivity index (χ0v) is 49.2. The molecule has 80 heavy (non-hydrogen) atoms. The standard InChI is InChI=1S/C55H97N9O16/c1-13-15-16-17-18-19-20-35(67)26-42(68)56-37(23-29(3)4)48(72)57-36(21-22-43(69)70)47(71)64-46-34(12)80-55(79)45(33(11)14-2)63-52(76)41(28-66)61-49(73)38(24-30(5)6)58-51(75)40(27-65)60-50(74)39(25-31(7)8)59-53(77)44(32(9)10)62-54(46)78/h29-41,44-46,65-67H,13-28H2,1-12H3,(H,56,68)(H,57,72)(H,58,75)(H,59,77)(H,60,74)(H,61,73)(H,62,78)(H,63,76)(H,64,71)(H,69,70)/t33-,34+,35-,36+,37-,38-,39-,40+,41+,44+,45-,46+/m0/s1. The number of carbonyl (C=O) groups excluding carboxylic acids is 10. The normalized spacial score (nSPS) is 23.9. The van der Waals surface area contributed by atoms with Crippen LogP contribution in [-0.4, -0.2) is 165 Å². The number of amides is 9. The molecule has 1 aliphatic rings. The van der Waals surface area contributed by atoms with Crippen LogP contribution < -0.4 is 47.9 Å². The Labute approximate surface area is 471 Å². The predicted octanol–water partition coefficient (Wildman–Crippen LogP) is 0.486. The number of cyclic esters (lactones) is 1. The van der Waals surface area contributed by atoms with Gasteiger partial charge in [-0.2, -0.15) is 0 Å². The van der Waals surface area contributed by atoms with Gasteiger partial charge in [-0.05, 0) is 68.6 Å². The molecule has 0 aromatic heterocycles. The highest BCUT2D eigenvalue weighted by atomic mass is 16.5. The molecule has 25 nitrogen and oxygen atoms in total. The fraction of sp³-hybridized carbons (Fsp3) is 0.800. The SMILES string of the molecule is CCCCCCCC[C@H](O)CC(=O)N[C@@H](CC(C)C)C(=O)N[C@H](CCC(=O)O)C(=O)N[C@H]1C(=O)N[C@H](C(C)C)C(=O)N[C@@H](CC(C)C)C(=O)N[C@H](CO)C(=O)N[C@@H](CC(C)C)C(=O)N[C@H](CO)C(=O)N[C@@H]([C@@H](C)CC)C(=O)O[C@@H]1C. The minimum Gasteiger partial charge on any atom is -0.481 e. The third kappa shape index (κ3) is 26.5. The van der Waals surface area contributed by atoms with Gasteiger partial charge in [-0.1, -0.05) is 121 Å². The van der Waals surface area contributed by atoms with Crippen LogP contribution in [0.5, 0.6) is 0 Å². The van der Waals surface area contributed by atoms with Gasteiger partial charge in [0.15, 0.2) is 0 Å². The minimum absolute atomic E-state index is 0.00997. The molecule has 25 heteroatoms. The number of carbonyl (C=O) groups is 11. The van der Waals surface area contributed by atoms with Crippen molar-refractivity contribution in [2.45, 2.75) is 240 Å².